The van der Waals surface area contributed by atoms with Crippen molar-refractivity contribution in [2.75, 3.05) is 20.2 Å². The first kappa shape index (κ1) is 15.6. The van der Waals surface area contributed by atoms with Gasteiger partial charge in [-0.15, -0.1) is 11.3 Å². The summed E-state index contributed by atoms with van der Waals surface area (Å²) < 4.78 is 6.83. The Balaban J connectivity index is 1.57. The maximum Gasteiger partial charge on any atom is 0.263 e. The number of carbonyl (C=O) groups is 1. The van der Waals surface area contributed by atoms with Gasteiger partial charge in [-0.2, -0.15) is 0 Å². The SMILES string of the molecule is Cc1ccc(OCCN(C)C(=O)c2cc3ccccc3s2)cc1. The Morgan fingerprint density at radius 1 is 1.13 bits per heavy atom. The summed E-state index contributed by atoms with van der Waals surface area (Å²) in [5.41, 5.74) is 1.20. The minimum Gasteiger partial charge on any atom is -0.492 e. The van der Waals surface area contributed by atoms with Gasteiger partial charge in [0.1, 0.15) is 12.4 Å². The minimum absolute atomic E-state index is 0.0405. The molecule has 0 aliphatic rings. The highest BCUT2D eigenvalue weighted by atomic mass is 32.1. The first-order valence-corrected chi connectivity index (χ1v) is 8.38. The van der Waals surface area contributed by atoms with Crippen LogP contribution in [0.3, 0.4) is 0 Å². The maximum atomic E-state index is 12.5. The lowest BCUT2D eigenvalue weighted by Gasteiger charge is -2.16. The molecule has 1 aromatic heterocycles. The molecule has 0 aliphatic heterocycles. The molecule has 0 radical (unpaired) electrons. The number of aryl methyl sites for hydroxylation is 1. The summed E-state index contributed by atoms with van der Waals surface area (Å²) in [7, 11) is 1.81. The van der Waals surface area contributed by atoms with Gasteiger partial charge in [0.25, 0.3) is 5.91 Å². The molecule has 0 spiro atoms. The minimum atomic E-state index is 0.0405. The summed E-state index contributed by atoms with van der Waals surface area (Å²) in [6.07, 6.45) is 0. The van der Waals surface area contributed by atoms with Gasteiger partial charge >= 0.3 is 0 Å². The fraction of sp³-hybridized carbons (Fsp3) is 0.211. The van der Waals surface area contributed by atoms with Gasteiger partial charge in [-0.1, -0.05) is 35.9 Å². The molecule has 0 atom stereocenters. The average Bonchev–Trinajstić information content (AvgIpc) is 3.00. The molecule has 3 nitrogen and oxygen atoms in total. The van der Waals surface area contributed by atoms with E-state index in [0.29, 0.717) is 13.2 Å². The Kier molecular flexibility index (Phi) is 4.63. The summed E-state index contributed by atoms with van der Waals surface area (Å²) >= 11 is 1.53. The van der Waals surface area contributed by atoms with Crippen LogP contribution in [0, 0.1) is 6.92 Å². The van der Waals surface area contributed by atoms with Gasteiger partial charge in [0, 0.05) is 11.7 Å². The molecule has 2 aromatic carbocycles. The van der Waals surface area contributed by atoms with Gasteiger partial charge in [0.2, 0.25) is 0 Å². The normalized spacial score (nSPS) is 10.7. The smallest absolute Gasteiger partial charge is 0.263 e. The van der Waals surface area contributed by atoms with Crippen molar-refractivity contribution in [3.8, 4) is 5.75 Å². The molecule has 0 bridgehead atoms. The van der Waals surface area contributed by atoms with Crippen molar-refractivity contribution in [1.82, 2.24) is 4.90 Å². The summed E-state index contributed by atoms with van der Waals surface area (Å²) in [6, 6.07) is 17.9. The number of amides is 1. The van der Waals surface area contributed by atoms with Crippen molar-refractivity contribution in [3.05, 3.63) is 65.0 Å². The summed E-state index contributed by atoms with van der Waals surface area (Å²) in [6.45, 7) is 3.08. The van der Waals surface area contributed by atoms with Crippen molar-refractivity contribution in [2.24, 2.45) is 0 Å². The highest BCUT2D eigenvalue weighted by Crippen LogP contribution is 2.26. The maximum absolute atomic E-state index is 12.5. The predicted octanol–water partition coefficient (Wildman–Crippen LogP) is 4.36. The van der Waals surface area contributed by atoms with E-state index in [-0.39, 0.29) is 5.91 Å². The zero-order valence-electron chi connectivity index (χ0n) is 13.3. The molecule has 0 saturated carbocycles. The van der Waals surface area contributed by atoms with E-state index in [1.165, 1.54) is 16.9 Å². The Morgan fingerprint density at radius 2 is 1.87 bits per heavy atom. The molecule has 0 unspecified atom stereocenters. The van der Waals surface area contributed by atoms with E-state index in [9.17, 15) is 4.79 Å². The second kappa shape index (κ2) is 6.84. The molecule has 0 aliphatic carbocycles. The number of ether oxygens (including phenoxy) is 1. The summed E-state index contributed by atoms with van der Waals surface area (Å²) in [4.78, 5) is 15.0. The van der Waals surface area contributed by atoms with Crippen molar-refractivity contribution < 1.29 is 9.53 Å². The van der Waals surface area contributed by atoms with Crippen LogP contribution in [0.1, 0.15) is 15.2 Å². The monoisotopic (exact) mass is 325 g/mol. The molecule has 1 heterocycles. The Labute approximate surface area is 140 Å². The fourth-order valence-electron chi connectivity index (χ4n) is 2.31. The summed E-state index contributed by atoms with van der Waals surface area (Å²) in [5.74, 6) is 0.872. The van der Waals surface area contributed by atoms with Gasteiger partial charge < -0.3 is 9.64 Å². The third-order valence-electron chi connectivity index (χ3n) is 3.70. The number of likely N-dealkylation sites (N-methyl/N-ethyl adjacent to an activating group) is 1. The number of hydrogen-bond donors (Lipinski definition) is 0. The molecule has 3 rings (SSSR count). The van der Waals surface area contributed by atoms with Crippen molar-refractivity contribution >= 4 is 27.3 Å². The number of fused-ring (bicyclic) bond motifs is 1. The lowest BCUT2D eigenvalue weighted by atomic mass is 10.2. The zero-order valence-corrected chi connectivity index (χ0v) is 14.1. The van der Waals surface area contributed by atoms with E-state index in [4.69, 9.17) is 4.74 Å². The molecule has 0 fully saturated rings. The second-order valence-corrected chi connectivity index (χ2v) is 6.62. The molecule has 4 heteroatoms. The molecular weight excluding hydrogens is 306 g/mol. The molecule has 3 aromatic rings. The fourth-order valence-corrected chi connectivity index (χ4v) is 3.37. The van der Waals surface area contributed by atoms with E-state index < -0.39 is 0 Å². The Morgan fingerprint density at radius 3 is 2.61 bits per heavy atom. The van der Waals surface area contributed by atoms with Gasteiger partial charge in [0.05, 0.1) is 11.4 Å². The highest BCUT2D eigenvalue weighted by Gasteiger charge is 2.14. The molecular formula is C19H19NO2S. The quantitative estimate of drug-likeness (QED) is 0.697. The van der Waals surface area contributed by atoms with Crippen molar-refractivity contribution in [2.45, 2.75) is 6.92 Å². The zero-order chi connectivity index (χ0) is 16.2. The van der Waals surface area contributed by atoms with E-state index in [2.05, 4.69) is 0 Å². The Hall–Kier alpha value is -2.33. The van der Waals surface area contributed by atoms with E-state index in [0.717, 1.165) is 20.7 Å². The Bertz CT molecular complexity index is 775. The van der Waals surface area contributed by atoms with Crippen LogP contribution in [0.15, 0.2) is 54.6 Å². The van der Waals surface area contributed by atoms with E-state index in [1.807, 2.05) is 68.6 Å². The first-order chi connectivity index (χ1) is 11.1. The van der Waals surface area contributed by atoms with Gasteiger partial charge in [-0.25, -0.2) is 0 Å². The largest absolute Gasteiger partial charge is 0.492 e. The first-order valence-electron chi connectivity index (χ1n) is 7.57. The lowest BCUT2D eigenvalue weighted by molar-refractivity contribution is 0.0778. The predicted molar refractivity (Wildman–Crippen MR) is 95.5 cm³/mol. The topological polar surface area (TPSA) is 29.5 Å². The van der Waals surface area contributed by atoms with Crippen LogP contribution in [0.5, 0.6) is 5.75 Å². The molecule has 118 valence electrons. The van der Waals surface area contributed by atoms with E-state index in [1.54, 1.807) is 4.90 Å². The van der Waals surface area contributed by atoms with Crippen LogP contribution in [-0.4, -0.2) is 31.0 Å². The summed E-state index contributed by atoms with van der Waals surface area (Å²) in [5, 5.41) is 1.12. The van der Waals surface area contributed by atoms with Crippen LogP contribution >= 0.6 is 11.3 Å². The lowest BCUT2D eigenvalue weighted by Crippen LogP contribution is -2.30. The third-order valence-corrected chi connectivity index (χ3v) is 4.80. The number of rotatable bonds is 5. The third kappa shape index (κ3) is 3.71. The van der Waals surface area contributed by atoms with Crippen molar-refractivity contribution in [1.29, 1.82) is 0 Å². The average molecular weight is 325 g/mol. The number of nitrogens with zero attached hydrogens (tertiary/aromatic N) is 1. The van der Waals surface area contributed by atoms with Crippen LogP contribution in [0.25, 0.3) is 10.1 Å². The molecule has 0 saturated heterocycles. The highest BCUT2D eigenvalue weighted by molar-refractivity contribution is 7.20. The van der Waals surface area contributed by atoms with Crippen molar-refractivity contribution in [3.63, 3.8) is 0 Å². The van der Waals surface area contributed by atoms with Gasteiger partial charge in [-0.05, 0) is 36.6 Å². The van der Waals surface area contributed by atoms with E-state index >= 15 is 0 Å². The number of hydrogen-bond acceptors (Lipinski definition) is 3. The van der Waals surface area contributed by atoms with Gasteiger partial charge in [0.15, 0.2) is 0 Å². The molecule has 23 heavy (non-hydrogen) atoms. The van der Waals surface area contributed by atoms with Crippen LogP contribution < -0.4 is 4.74 Å². The standard InChI is InChI=1S/C19H19NO2S/c1-14-7-9-16(10-8-14)22-12-11-20(2)19(21)18-13-15-5-3-4-6-17(15)23-18/h3-10,13H,11-12H2,1-2H3. The number of thiophene rings is 1. The van der Waals surface area contributed by atoms with Crippen LogP contribution in [-0.2, 0) is 0 Å². The van der Waals surface area contributed by atoms with Crippen LogP contribution in [0.4, 0.5) is 0 Å². The number of benzene rings is 2. The van der Waals surface area contributed by atoms with Crippen LogP contribution in [0.2, 0.25) is 0 Å². The molecule has 1 amide bonds. The second-order valence-electron chi connectivity index (χ2n) is 5.54. The number of carbonyl (C=O) groups excluding carboxylic acids is 1. The van der Waals surface area contributed by atoms with Gasteiger partial charge in [-0.3, -0.25) is 4.79 Å². The molecule has 0 N–H and O–H groups in total.